The fourth-order valence-corrected chi connectivity index (χ4v) is 4.43. The number of hydrogen-bond donors (Lipinski definition) is 2. The average Bonchev–Trinajstić information content (AvgIpc) is 2.79. The van der Waals surface area contributed by atoms with Crippen LogP contribution >= 0.6 is 0 Å². The predicted octanol–water partition coefficient (Wildman–Crippen LogP) is 2.87. The van der Waals surface area contributed by atoms with Crippen molar-refractivity contribution in [1.29, 1.82) is 0 Å². The van der Waals surface area contributed by atoms with E-state index in [1.165, 1.54) is 26.3 Å². The fraction of sp³-hybridized carbons (Fsp3) is 0.435. The van der Waals surface area contributed by atoms with Gasteiger partial charge in [-0.2, -0.15) is 4.98 Å². The molecule has 11 heteroatoms. The van der Waals surface area contributed by atoms with Crippen LogP contribution in [0.25, 0.3) is 22.2 Å². The molecule has 3 aromatic rings. The molecule has 0 spiro atoms. The van der Waals surface area contributed by atoms with Gasteiger partial charge in [-0.25, -0.2) is 19.2 Å². The highest BCUT2D eigenvalue weighted by atomic mass is 19.1. The van der Waals surface area contributed by atoms with E-state index < -0.39 is 17.9 Å². The molecule has 1 saturated carbocycles. The second-order valence-electron chi connectivity index (χ2n) is 8.40. The van der Waals surface area contributed by atoms with E-state index in [0.717, 1.165) is 0 Å². The van der Waals surface area contributed by atoms with Crippen LogP contribution in [0.2, 0.25) is 0 Å². The molecule has 3 heterocycles. The minimum atomic E-state index is -1.01. The molecule has 1 atom stereocenters. The summed E-state index contributed by atoms with van der Waals surface area (Å²) >= 11 is 0. The number of aryl methyl sites for hydroxylation is 1. The molecule has 1 aliphatic rings. The minimum Gasteiger partial charge on any atom is -0.479 e. The predicted molar refractivity (Wildman–Crippen MR) is 122 cm³/mol. The number of carboxylic acids is 1. The van der Waals surface area contributed by atoms with Crippen LogP contribution in [0.4, 0.5) is 10.3 Å². The highest BCUT2D eigenvalue weighted by Gasteiger charge is 2.29. The standard InChI is InChI=1S/C23H26FN5O5/c1-11-16-9-17(13-8-18(24)20(33-3)26-10-13)21(30)29(19(16)28-23(25)27-11)14-4-6-15(7-5-14)34-12(2)22(31)32/h8-10,12,14-15H,4-7H2,1-3H3,(H,31,32)(H2,25,27,28)/t12?,14-,15-. The van der Waals surface area contributed by atoms with Gasteiger partial charge in [0.05, 0.1) is 18.9 Å². The van der Waals surface area contributed by atoms with Crippen LogP contribution < -0.4 is 16.0 Å². The molecule has 0 bridgehead atoms. The van der Waals surface area contributed by atoms with E-state index >= 15 is 0 Å². The zero-order valence-corrected chi connectivity index (χ0v) is 19.1. The van der Waals surface area contributed by atoms with E-state index in [1.54, 1.807) is 17.6 Å². The summed E-state index contributed by atoms with van der Waals surface area (Å²) in [5, 5.41) is 9.73. The summed E-state index contributed by atoms with van der Waals surface area (Å²) in [5.41, 5.74) is 7.11. The summed E-state index contributed by atoms with van der Waals surface area (Å²) in [6, 6.07) is 2.62. The molecular weight excluding hydrogens is 445 g/mol. The number of nitrogens with two attached hydrogens (primary N) is 1. The number of ether oxygens (including phenoxy) is 2. The summed E-state index contributed by atoms with van der Waals surface area (Å²) in [4.78, 5) is 37.3. The molecule has 180 valence electrons. The zero-order valence-electron chi connectivity index (χ0n) is 19.1. The first kappa shape index (κ1) is 23.6. The Kier molecular flexibility index (Phi) is 6.47. The van der Waals surface area contributed by atoms with Gasteiger partial charge in [-0.15, -0.1) is 0 Å². The number of pyridine rings is 2. The van der Waals surface area contributed by atoms with Gasteiger partial charge in [0.2, 0.25) is 11.8 Å². The molecular formula is C23H26FN5O5. The average molecular weight is 471 g/mol. The molecule has 1 aliphatic carbocycles. The highest BCUT2D eigenvalue weighted by molar-refractivity contribution is 5.84. The van der Waals surface area contributed by atoms with Crippen molar-refractivity contribution in [1.82, 2.24) is 19.5 Å². The van der Waals surface area contributed by atoms with E-state index in [9.17, 15) is 14.0 Å². The molecule has 34 heavy (non-hydrogen) atoms. The van der Waals surface area contributed by atoms with Crippen LogP contribution in [0.1, 0.15) is 44.3 Å². The van der Waals surface area contributed by atoms with Gasteiger partial charge in [0, 0.05) is 28.8 Å². The van der Waals surface area contributed by atoms with Gasteiger partial charge < -0.3 is 20.3 Å². The number of nitrogen functional groups attached to an aromatic ring is 1. The Labute approximate surface area is 194 Å². The third-order valence-corrected chi connectivity index (χ3v) is 6.16. The van der Waals surface area contributed by atoms with Gasteiger partial charge in [0.1, 0.15) is 5.65 Å². The van der Waals surface area contributed by atoms with E-state index in [0.29, 0.717) is 48.0 Å². The second kappa shape index (κ2) is 9.34. The van der Waals surface area contributed by atoms with Gasteiger partial charge in [-0.1, -0.05) is 0 Å². The molecule has 0 aliphatic heterocycles. The Balaban J connectivity index is 1.78. The fourth-order valence-electron chi connectivity index (χ4n) is 4.43. The topological polar surface area (TPSA) is 142 Å². The third kappa shape index (κ3) is 4.43. The minimum absolute atomic E-state index is 0.0513. The van der Waals surface area contributed by atoms with Crippen molar-refractivity contribution in [3.63, 3.8) is 0 Å². The number of anilines is 1. The molecule has 0 amide bonds. The lowest BCUT2D eigenvalue weighted by Gasteiger charge is -2.31. The molecule has 3 N–H and O–H groups in total. The Morgan fingerprint density at radius 2 is 1.97 bits per heavy atom. The molecule has 0 radical (unpaired) electrons. The maximum atomic E-state index is 14.4. The van der Waals surface area contributed by atoms with Crippen molar-refractivity contribution in [3.05, 3.63) is 40.2 Å². The van der Waals surface area contributed by atoms with Crippen molar-refractivity contribution in [2.75, 3.05) is 12.8 Å². The molecule has 1 unspecified atom stereocenters. The van der Waals surface area contributed by atoms with Crippen LogP contribution in [0.15, 0.2) is 23.1 Å². The first-order valence-corrected chi connectivity index (χ1v) is 11.0. The van der Waals surface area contributed by atoms with Crippen molar-refractivity contribution >= 4 is 23.0 Å². The lowest BCUT2D eigenvalue weighted by Crippen LogP contribution is -2.34. The molecule has 0 aromatic carbocycles. The lowest BCUT2D eigenvalue weighted by atomic mass is 9.92. The second-order valence-corrected chi connectivity index (χ2v) is 8.40. The van der Waals surface area contributed by atoms with Gasteiger partial charge in [-0.3, -0.25) is 9.36 Å². The molecule has 1 fully saturated rings. The number of methoxy groups -OCH3 is 1. The van der Waals surface area contributed by atoms with Crippen molar-refractivity contribution in [2.45, 2.75) is 57.8 Å². The van der Waals surface area contributed by atoms with Crippen LogP contribution in [0.3, 0.4) is 0 Å². The largest absolute Gasteiger partial charge is 0.479 e. The van der Waals surface area contributed by atoms with Crippen LogP contribution in [-0.2, 0) is 9.53 Å². The first-order chi connectivity index (χ1) is 16.2. The summed E-state index contributed by atoms with van der Waals surface area (Å²) < 4.78 is 26.5. The lowest BCUT2D eigenvalue weighted by molar-refractivity contribution is -0.154. The van der Waals surface area contributed by atoms with Crippen molar-refractivity contribution < 1.29 is 23.8 Å². The van der Waals surface area contributed by atoms with Crippen LogP contribution in [0, 0.1) is 12.7 Å². The smallest absolute Gasteiger partial charge is 0.332 e. The number of hydrogen-bond acceptors (Lipinski definition) is 8. The zero-order chi connectivity index (χ0) is 24.6. The quantitative estimate of drug-likeness (QED) is 0.555. The Morgan fingerprint density at radius 3 is 2.59 bits per heavy atom. The maximum absolute atomic E-state index is 14.4. The van der Waals surface area contributed by atoms with Crippen molar-refractivity contribution in [2.24, 2.45) is 0 Å². The normalized spacial score (nSPS) is 19.2. The Morgan fingerprint density at radius 1 is 1.26 bits per heavy atom. The number of carboxylic acid groups (broad SMARTS) is 1. The summed E-state index contributed by atoms with van der Waals surface area (Å²) in [6.45, 7) is 3.27. The van der Waals surface area contributed by atoms with Gasteiger partial charge in [0.25, 0.3) is 5.56 Å². The van der Waals surface area contributed by atoms with E-state index in [4.69, 9.17) is 20.3 Å². The SMILES string of the molecule is COc1ncc(-c2cc3c(C)nc(N)nc3n([C@H]3CC[C@H](OC(C)C(=O)O)CC3)c2=O)cc1F. The number of aliphatic carboxylic acids is 1. The summed E-state index contributed by atoms with van der Waals surface area (Å²) in [5.74, 6) is -1.80. The van der Waals surface area contributed by atoms with Crippen molar-refractivity contribution in [3.8, 4) is 17.0 Å². The number of fused-ring (bicyclic) bond motifs is 1. The van der Waals surface area contributed by atoms with E-state index in [1.807, 2.05) is 0 Å². The summed E-state index contributed by atoms with van der Waals surface area (Å²) in [6.07, 6.45) is 2.59. The molecule has 4 rings (SSSR count). The van der Waals surface area contributed by atoms with Gasteiger partial charge in [-0.05, 0) is 51.7 Å². The molecule has 10 nitrogen and oxygen atoms in total. The molecule has 0 saturated heterocycles. The number of aromatic nitrogens is 4. The highest BCUT2D eigenvalue weighted by Crippen LogP contribution is 2.33. The number of rotatable bonds is 6. The third-order valence-electron chi connectivity index (χ3n) is 6.16. The number of carbonyl (C=O) groups is 1. The monoisotopic (exact) mass is 471 g/mol. The van der Waals surface area contributed by atoms with E-state index in [-0.39, 0.29) is 35.1 Å². The van der Waals surface area contributed by atoms with Gasteiger partial charge in [0.15, 0.2) is 11.9 Å². The first-order valence-electron chi connectivity index (χ1n) is 11.0. The Hall–Kier alpha value is -3.60. The maximum Gasteiger partial charge on any atom is 0.332 e. The molecule has 3 aromatic heterocycles. The summed E-state index contributed by atoms with van der Waals surface area (Å²) in [7, 11) is 1.32. The van der Waals surface area contributed by atoms with Crippen LogP contribution in [0.5, 0.6) is 5.88 Å². The number of nitrogens with zero attached hydrogens (tertiary/aromatic N) is 4. The van der Waals surface area contributed by atoms with Crippen LogP contribution in [-0.4, -0.2) is 49.9 Å². The Bertz CT molecular complexity index is 1300. The van der Waals surface area contributed by atoms with E-state index in [2.05, 4.69) is 15.0 Å². The van der Waals surface area contributed by atoms with Gasteiger partial charge >= 0.3 is 5.97 Å². The number of halogens is 1.